The van der Waals surface area contributed by atoms with Crippen molar-refractivity contribution in [3.05, 3.63) is 40.0 Å². The number of nitrogen functional groups attached to an aromatic ring is 1. The van der Waals surface area contributed by atoms with Gasteiger partial charge in [-0.25, -0.2) is 4.68 Å². The molecule has 0 unspecified atom stereocenters. The first-order valence-corrected chi connectivity index (χ1v) is 5.11. The van der Waals surface area contributed by atoms with Crippen LogP contribution in [0.4, 0.5) is 5.82 Å². The van der Waals surface area contributed by atoms with E-state index in [1.165, 1.54) is 0 Å². The summed E-state index contributed by atoms with van der Waals surface area (Å²) in [7, 11) is 0. The Morgan fingerprint density at radius 2 is 2.07 bits per heavy atom. The number of hydrogen-bond donors (Lipinski definition) is 1. The van der Waals surface area contributed by atoms with Crippen LogP contribution in [0.25, 0.3) is 5.69 Å². The summed E-state index contributed by atoms with van der Waals surface area (Å²) in [5.74, 6) is 0.336. The Bertz CT molecular complexity index is 447. The highest BCUT2D eigenvalue weighted by molar-refractivity contribution is 9.10. The molecule has 72 valence electrons. The van der Waals surface area contributed by atoms with E-state index >= 15 is 0 Å². The summed E-state index contributed by atoms with van der Waals surface area (Å²) in [5, 5.41) is 4.53. The van der Waals surface area contributed by atoms with Crippen LogP contribution in [0.3, 0.4) is 0 Å². The number of benzene rings is 1. The zero-order valence-electron chi connectivity index (χ0n) is 7.11. The third-order valence-electron chi connectivity index (χ3n) is 1.80. The van der Waals surface area contributed by atoms with E-state index in [1.54, 1.807) is 10.9 Å². The Morgan fingerprint density at radius 3 is 2.64 bits per heavy atom. The lowest BCUT2D eigenvalue weighted by Gasteiger charge is -2.02. The lowest BCUT2D eigenvalue weighted by atomic mass is 10.3. The minimum atomic E-state index is 0.336. The summed E-state index contributed by atoms with van der Waals surface area (Å²) >= 11 is 9.23. The SMILES string of the molecule is Nc1nn(-c2ccccc2Br)cc1Cl. The van der Waals surface area contributed by atoms with Crippen LogP contribution in [0.15, 0.2) is 34.9 Å². The van der Waals surface area contributed by atoms with Gasteiger partial charge in [0.1, 0.15) is 5.02 Å². The second-order valence-corrected chi connectivity index (χ2v) is 4.02. The van der Waals surface area contributed by atoms with Gasteiger partial charge in [-0.2, -0.15) is 0 Å². The van der Waals surface area contributed by atoms with Gasteiger partial charge in [-0.3, -0.25) is 0 Å². The van der Waals surface area contributed by atoms with Gasteiger partial charge < -0.3 is 5.73 Å². The third-order valence-corrected chi connectivity index (χ3v) is 2.76. The van der Waals surface area contributed by atoms with Crippen molar-refractivity contribution in [2.45, 2.75) is 0 Å². The van der Waals surface area contributed by atoms with Gasteiger partial charge >= 0.3 is 0 Å². The maximum absolute atomic E-state index is 5.81. The van der Waals surface area contributed by atoms with E-state index in [0.29, 0.717) is 10.8 Å². The molecule has 1 aromatic carbocycles. The van der Waals surface area contributed by atoms with E-state index in [1.807, 2.05) is 24.3 Å². The molecule has 0 amide bonds. The lowest BCUT2D eigenvalue weighted by Crippen LogP contribution is -1.96. The molecule has 1 aromatic heterocycles. The second-order valence-electron chi connectivity index (χ2n) is 2.76. The van der Waals surface area contributed by atoms with Crippen LogP contribution in [0.2, 0.25) is 5.02 Å². The van der Waals surface area contributed by atoms with E-state index in [4.69, 9.17) is 17.3 Å². The molecule has 0 saturated heterocycles. The molecule has 2 aromatic rings. The average Bonchev–Trinajstić information content (AvgIpc) is 2.48. The molecule has 2 N–H and O–H groups in total. The third kappa shape index (κ3) is 1.63. The van der Waals surface area contributed by atoms with Crippen molar-refractivity contribution in [2.75, 3.05) is 5.73 Å². The Kier molecular flexibility index (Phi) is 2.48. The first-order valence-electron chi connectivity index (χ1n) is 3.94. The molecule has 1 heterocycles. The van der Waals surface area contributed by atoms with Crippen molar-refractivity contribution in [3.63, 3.8) is 0 Å². The van der Waals surface area contributed by atoms with Gasteiger partial charge in [-0.15, -0.1) is 5.10 Å². The average molecular weight is 273 g/mol. The molecule has 14 heavy (non-hydrogen) atoms. The number of hydrogen-bond acceptors (Lipinski definition) is 2. The monoisotopic (exact) mass is 271 g/mol. The van der Waals surface area contributed by atoms with Crippen molar-refractivity contribution < 1.29 is 0 Å². The molecule has 0 radical (unpaired) electrons. The Labute approximate surface area is 94.6 Å². The van der Waals surface area contributed by atoms with E-state index in [-0.39, 0.29) is 0 Å². The first kappa shape index (κ1) is 9.55. The summed E-state index contributed by atoms with van der Waals surface area (Å²) in [6, 6.07) is 7.71. The molecule has 5 heteroatoms. The molecule has 0 aliphatic heterocycles. The molecular formula is C9H7BrClN3. The molecule has 0 bridgehead atoms. The van der Waals surface area contributed by atoms with Crippen molar-refractivity contribution in [1.29, 1.82) is 0 Å². The van der Waals surface area contributed by atoms with Crippen molar-refractivity contribution in [2.24, 2.45) is 0 Å². The summed E-state index contributed by atoms with van der Waals surface area (Å²) in [6.45, 7) is 0. The molecule has 0 atom stereocenters. The van der Waals surface area contributed by atoms with Gasteiger partial charge in [-0.05, 0) is 28.1 Å². The maximum Gasteiger partial charge on any atom is 0.164 e. The van der Waals surface area contributed by atoms with Gasteiger partial charge in [0.05, 0.1) is 11.9 Å². The van der Waals surface area contributed by atoms with Crippen LogP contribution in [-0.4, -0.2) is 9.78 Å². The normalized spacial score (nSPS) is 10.4. The molecule has 0 saturated carbocycles. The highest BCUT2D eigenvalue weighted by Gasteiger charge is 2.06. The zero-order valence-corrected chi connectivity index (χ0v) is 9.46. The second kappa shape index (κ2) is 3.63. The molecule has 0 fully saturated rings. The van der Waals surface area contributed by atoms with Gasteiger partial charge in [0.2, 0.25) is 0 Å². The summed E-state index contributed by atoms with van der Waals surface area (Å²) in [6.07, 6.45) is 1.68. The minimum absolute atomic E-state index is 0.336. The smallest absolute Gasteiger partial charge is 0.164 e. The minimum Gasteiger partial charge on any atom is -0.381 e. The van der Waals surface area contributed by atoms with E-state index in [2.05, 4.69) is 21.0 Å². The van der Waals surface area contributed by atoms with Crippen molar-refractivity contribution >= 4 is 33.3 Å². The molecule has 0 aliphatic carbocycles. The van der Waals surface area contributed by atoms with Crippen LogP contribution in [0, 0.1) is 0 Å². The van der Waals surface area contributed by atoms with Crippen LogP contribution < -0.4 is 5.73 Å². The zero-order chi connectivity index (χ0) is 10.1. The molecule has 3 nitrogen and oxygen atoms in total. The highest BCUT2D eigenvalue weighted by atomic mass is 79.9. The van der Waals surface area contributed by atoms with E-state index < -0.39 is 0 Å². The number of aromatic nitrogens is 2. The molecule has 0 spiro atoms. The summed E-state index contributed by atoms with van der Waals surface area (Å²) < 4.78 is 2.58. The summed E-state index contributed by atoms with van der Waals surface area (Å²) in [5.41, 5.74) is 6.46. The van der Waals surface area contributed by atoms with Crippen LogP contribution >= 0.6 is 27.5 Å². The predicted octanol–water partition coefficient (Wildman–Crippen LogP) is 2.87. The Balaban J connectivity index is 2.55. The van der Waals surface area contributed by atoms with Gasteiger partial charge in [0.15, 0.2) is 5.82 Å². The summed E-state index contributed by atoms with van der Waals surface area (Å²) in [4.78, 5) is 0. The topological polar surface area (TPSA) is 43.8 Å². The van der Waals surface area contributed by atoms with Gasteiger partial charge in [0.25, 0.3) is 0 Å². The number of anilines is 1. The number of nitrogens with zero attached hydrogens (tertiary/aromatic N) is 2. The number of rotatable bonds is 1. The number of para-hydroxylation sites is 1. The lowest BCUT2D eigenvalue weighted by molar-refractivity contribution is 0.881. The Morgan fingerprint density at radius 1 is 1.36 bits per heavy atom. The van der Waals surface area contributed by atoms with E-state index in [0.717, 1.165) is 10.2 Å². The highest BCUT2D eigenvalue weighted by Crippen LogP contribution is 2.23. The van der Waals surface area contributed by atoms with Crippen molar-refractivity contribution in [1.82, 2.24) is 9.78 Å². The van der Waals surface area contributed by atoms with Crippen molar-refractivity contribution in [3.8, 4) is 5.69 Å². The molecule has 0 aliphatic rings. The molecular weight excluding hydrogens is 265 g/mol. The quantitative estimate of drug-likeness (QED) is 0.867. The Hall–Kier alpha value is -1.000. The van der Waals surface area contributed by atoms with Gasteiger partial charge in [-0.1, -0.05) is 23.7 Å². The number of nitrogens with two attached hydrogens (primary N) is 1. The predicted molar refractivity (Wildman–Crippen MR) is 60.7 cm³/mol. The number of halogens is 2. The largest absolute Gasteiger partial charge is 0.381 e. The van der Waals surface area contributed by atoms with E-state index in [9.17, 15) is 0 Å². The van der Waals surface area contributed by atoms with Crippen LogP contribution in [-0.2, 0) is 0 Å². The van der Waals surface area contributed by atoms with Crippen LogP contribution in [0.1, 0.15) is 0 Å². The first-order chi connectivity index (χ1) is 6.68. The fraction of sp³-hybridized carbons (Fsp3) is 0. The fourth-order valence-electron chi connectivity index (χ4n) is 1.13. The fourth-order valence-corrected chi connectivity index (χ4v) is 1.72. The van der Waals surface area contributed by atoms with Crippen LogP contribution in [0.5, 0.6) is 0 Å². The maximum atomic E-state index is 5.81. The molecule has 2 rings (SSSR count). The van der Waals surface area contributed by atoms with Gasteiger partial charge in [0, 0.05) is 4.47 Å². The standard InChI is InChI=1S/C9H7BrClN3/c10-6-3-1-2-4-8(6)14-5-7(11)9(12)13-14/h1-5H,(H2,12,13).